The van der Waals surface area contributed by atoms with Gasteiger partial charge in [0.15, 0.2) is 0 Å². The van der Waals surface area contributed by atoms with Crippen molar-refractivity contribution in [3.63, 3.8) is 0 Å². The Morgan fingerprint density at radius 3 is 2.07 bits per heavy atom. The van der Waals surface area contributed by atoms with E-state index in [2.05, 4.69) is 19.9 Å². The van der Waals surface area contributed by atoms with Gasteiger partial charge in [-0.2, -0.15) is 8.42 Å². The van der Waals surface area contributed by atoms with E-state index in [1.807, 2.05) is 12.1 Å². The number of benzene rings is 1. The molecule has 5 heteroatoms. The van der Waals surface area contributed by atoms with Crippen LogP contribution in [-0.4, -0.2) is 24.8 Å². The van der Waals surface area contributed by atoms with Gasteiger partial charge in [0.1, 0.15) is 5.75 Å². The summed E-state index contributed by atoms with van der Waals surface area (Å²) in [4.78, 5) is 0. The summed E-state index contributed by atoms with van der Waals surface area (Å²) < 4.78 is 37.6. The Bertz CT molecular complexity index is 655. The Morgan fingerprint density at radius 2 is 1.48 bits per heavy atom. The van der Waals surface area contributed by atoms with Crippen molar-refractivity contribution < 1.29 is 17.7 Å². The fourth-order valence-electron chi connectivity index (χ4n) is 3.57. The molecule has 1 atom stereocenters. The molecular formula is C24H42O4S. The molecule has 0 aliphatic heterocycles. The molecule has 4 nitrogen and oxygen atoms in total. The minimum absolute atomic E-state index is 0.288. The summed E-state index contributed by atoms with van der Waals surface area (Å²) in [5, 5.41) is -0.804. The summed E-state index contributed by atoms with van der Waals surface area (Å²) in [5.41, 5.74) is 2.66. The molecule has 0 radical (unpaired) electrons. The molecule has 1 aromatic rings. The highest BCUT2D eigenvalue weighted by molar-refractivity contribution is 7.86. The molecule has 0 bridgehead atoms. The van der Waals surface area contributed by atoms with Crippen LogP contribution < -0.4 is 4.74 Å². The van der Waals surface area contributed by atoms with E-state index in [-0.39, 0.29) is 6.42 Å². The minimum Gasteiger partial charge on any atom is -0.493 e. The third-order valence-electron chi connectivity index (χ3n) is 5.60. The number of rotatable bonds is 17. The van der Waals surface area contributed by atoms with Gasteiger partial charge in [0.25, 0.3) is 10.1 Å². The van der Waals surface area contributed by atoms with Gasteiger partial charge >= 0.3 is 0 Å². The molecule has 168 valence electrons. The van der Waals surface area contributed by atoms with Crippen molar-refractivity contribution >= 4 is 10.1 Å². The zero-order valence-electron chi connectivity index (χ0n) is 18.8. The summed E-state index contributed by atoms with van der Waals surface area (Å²) in [5.74, 6) is 0.883. The molecule has 0 aliphatic rings. The zero-order chi connectivity index (χ0) is 21.5. The standard InChI is InChI=1S/C24H42O4S/c1-4-6-8-10-12-15-22-16-14-18-24(23(22)17-13-11-9-7-5-2)28-20-19-21(3)29(25,26)27/h14,16,18,21H,4-13,15,17,19-20H2,1-3H3,(H,25,26,27). The van der Waals surface area contributed by atoms with Gasteiger partial charge in [-0.3, -0.25) is 4.55 Å². The Balaban J connectivity index is 2.73. The topological polar surface area (TPSA) is 63.6 Å². The number of hydrogen-bond donors (Lipinski definition) is 1. The van der Waals surface area contributed by atoms with Crippen molar-refractivity contribution in [3.8, 4) is 5.75 Å². The number of unbranched alkanes of at least 4 members (excludes halogenated alkanes) is 8. The van der Waals surface area contributed by atoms with Gasteiger partial charge in [0.2, 0.25) is 0 Å². The van der Waals surface area contributed by atoms with Crippen LogP contribution in [0.2, 0.25) is 0 Å². The third kappa shape index (κ3) is 11.0. The van der Waals surface area contributed by atoms with Crippen molar-refractivity contribution in [2.24, 2.45) is 0 Å². The van der Waals surface area contributed by atoms with Gasteiger partial charge in [0, 0.05) is 6.42 Å². The molecule has 0 spiro atoms. The van der Waals surface area contributed by atoms with Crippen LogP contribution in [0.4, 0.5) is 0 Å². The highest BCUT2D eigenvalue weighted by Crippen LogP contribution is 2.27. The van der Waals surface area contributed by atoms with Crippen LogP contribution in [0.25, 0.3) is 0 Å². The Labute approximate surface area is 179 Å². The number of hydrogen-bond acceptors (Lipinski definition) is 3. The van der Waals surface area contributed by atoms with Gasteiger partial charge in [-0.15, -0.1) is 0 Å². The van der Waals surface area contributed by atoms with E-state index < -0.39 is 15.4 Å². The molecule has 0 aliphatic carbocycles. The monoisotopic (exact) mass is 426 g/mol. The van der Waals surface area contributed by atoms with Crippen molar-refractivity contribution in [2.45, 2.75) is 109 Å². The maximum atomic E-state index is 11.2. The first-order valence-corrected chi connectivity index (χ1v) is 13.1. The summed E-state index contributed by atoms with van der Waals surface area (Å²) >= 11 is 0. The molecule has 1 N–H and O–H groups in total. The second-order valence-electron chi connectivity index (χ2n) is 8.18. The molecule has 0 saturated heterocycles. The molecule has 1 aromatic carbocycles. The van der Waals surface area contributed by atoms with E-state index in [1.54, 1.807) is 0 Å². The normalized spacial score (nSPS) is 12.8. The van der Waals surface area contributed by atoms with Crippen LogP contribution in [0.15, 0.2) is 18.2 Å². The van der Waals surface area contributed by atoms with Crippen molar-refractivity contribution in [1.29, 1.82) is 0 Å². The lowest BCUT2D eigenvalue weighted by molar-refractivity contribution is 0.303. The lowest BCUT2D eigenvalue weighted by Crippen LogP contribution is -2.19. The average Bonchev–Trinajstić information content (AvgIpc) is 2.68. The predicted molar refractivity (Wildman–Crippen MR) is 122 cm³/mol. The van der Waals surface area contributed by atoms with E-state index >= 15 is 0 Å². The van der Waals surface area contributed by atoms with Crippen LogP contribution in [-0.2, 0) is 23.0 Å². The third-order valence-corrected chi connectivity index (χ3v) is 6.85. The molecule has 0 heterocycles. The van der Waals surface area contributed by atoms with Gasteiger partial charge < -0.3 is 4.74 Å². The molecule has 0 amide bonds. The van der Waals surface area contributed by atoms with Crippen LogP contribution >= 0.6 is 0 Å². The fraction of sp³-hybridized carbons (Fsp3) is 0.750. The van der Waals surface area contributed by atoms with Crippen LogP contribution in [0.1, 0.15) is 103 Å². The quantitative estimate of drug-likeness (QED) is 0.221. The van der Waals surface area contributed by atoms with Gasteiger partial charge in [0.05, 0.1) is 11.9 Å². The smallest absolute Gasteiger partial charge is 0.267 e. The van der Waals surface area contributed by atoms with Crippen LogP contribution in [0.5, 0.6) is 5.75 Å². The zero-order valence-corrected chi connectivity index (χ0v) is 19.6. The number of aryl methyl sites for hydroxylation is 1. The molecule has 0 saturated carbocycles. The summed E-state index contributed by atoms with van der Waals surface area (Å²) in [6.45, 7) is 6.28. The van der Waals surface area contributed by atoms with Crippen LogP contribution in [0.3, 0.4) is 0 Å². The van der Waals surface area contributed by atoms with E-state index in [9.17, 15) is 8.42 Å². The highest BCUT2D eigenvalue weighted by atomic mass is 32.2. The highest BCUT2D eigenvalue weighted by Gasteiger charge is 2.17. The molecule has 0 aromatic heterocycles. The van der Waals surface area contributed by atoms with E-state index in [1.165, 1.54) is 75.8 Å². The minimum atomic E-state index is -4.00. The average molecular weight is 427 g/mol. The first kappa shape index (κ1) is 26.0. The second kappa shape index (κ2) is 14.8. The maximum absolute atomic E-state index is 11.2. The summed E-state index contributed by atoms with van der Waals surface area (Å²) in [6, 6.07) is 6.26. The molecule has 0 fully saturated rings. The molecule has 29 heavy (non-hydrogen) atoms. The fourth-order valence-corrected chi connectivity index (χ4v) is 3.97. The first-order chi connectivity index (χ1) is 13.9. The summed E-state index contributed by atoms with van der Waals surface area (Å²) in [6.07, 6.45) is 14.9. The predicted octanol–water partition coefficient (Wildman–Crippen LogP) is 6.76. The van der Waals surface area contributed by atoms with Crippen molar-refractivity contribution in [2.75, 3.05) is 6.61 Å². The van der Waals surface area contributed by atoms with Crippen molar-refractivity contribution in [3.05, 3.63) is 29.3 Å². The SMILES string of the molecule is CCCCCCCc1cccc(OCCC(C)S(=O)(=O)O)c1CCCCCCC. The molecule has 1 rings (SSSR count). The second-order valence-corrected chi connectivity index (χ2v) is 10.0. The lowest BCUT2D eigenvalue weighted by atomic mass is 9.95. The largest absolute Gasteiger partial charge is 0.493 e. The molecular weight excluding hydrogens is 384 g/mol. The van der Waals surface area contributed by atoms with Gasteiger partial charge in [-0.1, -0.05) is 77.3 Å². The van der Waals surface area contributed by atoms with E-state index in [0.29, 0.717) is 6.61 Å². The number of ether oxygens (including phenoxy) is 1. The van der Waals surface area contributed by atoms with Crippen LogP contribution in [0, 0.1) is 0 Å². The lowest BCUT2D eigenvalue weighted by Gasteiger charge is -2.17. The summed E-state index contributed by atoms with van der Waals surface area (Å²) in [7, 11) is -4.00. The maximum Gasteiger partial charge on any atom is 0.267 e. The van der Waals surface area contributed by atoms with Gasteiger partial charge in [-0.05, 0) is 49.8 Å². The Morgan fingerprint density at radius 1 is 0.897 bits per heavy atom. The van der Waals surface area contributed by atoms with Gasteiger partial charge in [-0.25, -0.2) is 0 Å². The Hall–Kier alpha value is -1.07. The Kier molecular flexibility index (Phi) is 13.3. The first-order valence-electron chi connectivity index (χ1n) is 11.6. The van der Waals surface area contributed by atoms with E-state index in [0.717, 1.165) is 25.0 Å². The van der Waals surface area contributed by atoms with Crippen molar-refractivity contribution in [1.82, 2.24) is 0 Å². The van der Waals surface area contributed by atoms with E-state index in [4.69, 9.17) is 9.29 Å². The molecule has 1 unspecified atom stereocenters.